The Morgan fingerprint density at radius 3 is 2.83 bits per heavy atom. The summed E-state index contributed by atoms with van der Waals surface area (Å²) >= 11 is 1.57. The predicted molar refractivity (Wildman–Crippen MR) is 84.7 cm³/mol. The van der Waals surface area contributed by atoms with Crippen LogP contribution >= 0.6 is 11.3 Å². The third kappa shape index (κ3) is 3.92. The smallest absolute Gasteiger partial charge is 0.315 e. The van der Waals surface area contributed by atoms with E-state index in [1.165, 1.54) is 6.07 Å². The summed E-state index contributed by atoms with van der Waals surface area (Å²) in [5, 5.41) is 17.1. The average molecular weight is 331 g/mol. The molecule has 118 valence electrons. The second-order valence-electron chi connectivity index (χ2n) is 4.76. The first-order valence-electron chi connectivity index (χ1n) is 6.91. The van der Waals surface area contributed by atoms with E-state index in [1.807, 2.05) is 16.8 Å². The number of hydrogen-bond acceptors (Lipinski definition) is 4. The van der Waals surface area contributed by atoms with Crippen LogP contribution < -0.4 is 10.6 Å². The monoisotopic (exact) mass is 331 g/mol. The third-order valence-electron chi connectivity index (χ3n) is 3.14. The highest BCUT2D eigenvalue weighted by molar-refractivity contribution is 7.08. The molecule has 0 aliphatic carbocycles. The second kappa shape index (κ2) is 7.01. The van der Waals surface area contributed by atoms with E-state index in [0.717, 1.165) is 5.69 Å². The fourth-order valence-electron chi connectivity index (χ4n) is 1.94. The highest BCUT2D eigenvalue weighted by Crippen LogP contribution is 2.10. The van der Waals surface area contributed by atoms with Crippen molar-refractivity contribution in [2.24, 2.45) is 0 Å². The maximum absolute atomic E-state index is 13.4. The van der Waals surface area contributed by atoms with Gasteiger partial charge < -0.3 is 10.6 Å². The molecule has 1 aromatic carbocycles. The van der Waals surface area contributed by atoms with E-state index in [1.54, 1.807) is 40.4 Å². The molecule has 0 unspecified atom stereocenters. The lowest BCUT2D eigenvalue weighted by Gasteiger charge is -2.07. The molecule has 0 atom stereocenters. The van der Waals surface area contributed by atoms with Gasteiger partial charge in [-0.2, -0.15) is 11.3 Å². The number of nitrogens with zero attached hydrogens (tertiary/aromatic N) is 3. The Hall–Kier alpha value is -2.74. The molecule has 0 saturated carbocycles. The molecule has 0 aliphatic rings. The normalized spacial score (nSPS) is 10.5. The Labute approximate surface area is 136 Å². The third-order valence-corrected chi connectivity index (χ3v) is 3.81. The lowest BCUT2D eigenvalue weighted by Crippen LogP contribution is -2.34. The summed E-state index contributed by atoms with van der Waals surface area (Å²) in [7, 11) is 0. The largest absolute Gasteiger partial charge is 0.334 e. The van der Waals surface area contributed by atoms with Crippen molar-refractivity contribution in [3.8, 4) is 5.69 Å². The molecule has 0 radical (unpaired) electrons. The lowest BCUT2D eigenvalue weighted by atomic mass is 10.2. The number of halogens is 1. The van der Waals surface area contributed by atoms with Crippen molar-refractivity contribution in [1.29, 1.82) is 0 Å². The van der Waals surface area contributed by atoms with Gasteiger partial charge in [0.15, 0.2) is 0 Å². The van der Waals surface area contributed by atoms with E-state index in [2.05, 4.69) is 20.9 Å². The van der Waals surface area contributed by atoms with E-state index < -0.39 is 6.03 Å². The number of aromatic nitrogens is 3. The summed E-state index contributed by atoms with van der Waals surface area (Å²) in [5.74, 6) is -0.341. The number of rotatable bonds is 5. The Kier molecular flexibility index (Phi) is 4.62. The molecule has 3 aromatic rings. The number of benzene rings is 1. The Bertz CT molecular complexity index is 787. The van der Waals surface area contributed by atoms with E-state index in [9.17, 15) is 9.18 Å². The zero-order valence-electron chi connectivity index (χ0n) is 12.1. The standard InChI is InChI=1S/C15H14FN5OS/c16-14-4-2-1-3-11(14)7-17-15(22)18-8-12-9-21(20-19-12)13-5-6-23-10-13/h1-6,9-10H,7-8H2,(H2,17,18,22). The molecule has 2 amide bonds. The van der Waals surface area contributed by atoms with Gasteiger partial charge in [-0.1, -0.05) is 23.4 Å². The topological polar surface area (TPSA) is 71.8 Å². The van der Waals surface area contributed by atoms with Crippen molar-refractivity contribution in [1.82, 2.24) is 25.6 Å². The minimum Gasteiger partial charge on any atom is -0.334 e. The molecule has 8 heteroatoms. The van der Waals surface area contributed by atoms with Crippen LogP contribution in [0.15, 0.2) is 47.3 Å². The van der Waals surface area contributed by atoms with Crippen molar-refractivity contribution >= 4 is 17.4 Å². The molecule has 2 aromatic heterocycles. The predicted octanol–water partition coefficient (Wildman–Crippen LogP) is 2.47. The Balaban J connectivity index is 1.49. The van der Waals surface area contributed by atoms with E-state index in [0.29, 0.717) is 11.3 Å². The summed E-state index contributed by atoms with van der Waals surface area (Å²) in [6.45, 7) is 0.368. The van der Waals surface area contributed by atoms with Crippen LogP contribution in [0.1, 0.15) is 11.3 Å². The molecule has 0 saturated heterocycles. The molecule has 23 heavy (non-hydrogen) atoms. The maximum atomic E-state index is 13.4. The van der Waals surface area contributed by atoms with E-state index >= 15 is 0 Å². The molecule has 3 rings (SSSR count). The van der Waals surface area contributed by atoms with Gasteiger partial charge >= 0.3 is 6.03 Å². The summed E-state index contributed by atoms with van der Waals surface area (Å²) in [5.41, 5.74) is 2.00. The molecular formula is C15H14FN5OS. The molecule has 0 aliphatic heterocycles. The van der Waals surface area contributed by atoms with Gasteiger partial charge in [0.05, 0.1) is 18.4 Å². The number of amides is 2. The fraction of sp³-hybridized carbons (Fsp3) is 0.133. The number of carbonyl (C=O) groups excluding carboxylic acids is 1. The van der Waals surface area contributed by atoms with E-state index in [-0.39, 0.29) is 18.9 Å². The van der Waals surface area contributed by atoms with Crippen molar-refractivity contribution in [2.75, 3.05) is 0 Å². The SMILES string of the molecule is O=C(NCc1cn(-c2ccsc2)nn1)NCc1ccccc1F. The van der Waals surface area contributed by atoms with Crippen LogP contribution in [-0.2, 0) is 13.1 Å². The van der Waals surface area contributed by atoms with Gasteiger partial charge in [0, 0.05) is 17.5 Å². The van der Waals surface area contributed by atoms with Gasteiger partial charge in [-0.25, -0.2) is 13.9 Å². The minimum atomic E-state index is -0.390. The van der Waals surface area contributed by atoms with Crippen LogP contribution in [0.4, 0.5) is 9.18 Å². The molecule has 2 heterocycles. The van der Waals surface area contributed by atoms with Crippen LogP contribution in [0.3, 0.4) is 0 Å². The van der Waals surface area contributed by atoms with Crippen molar-refractivity contribution < 1.29 is 9.18 Å². The summed E-state index contributed by atoms with van der Waals surface area (Å²) in [6.07, 6.45) is 1.75. The first-order valence-corrected chi connectivity index (χ1v) is 7.85. The maximum Gasteiger partial charge on any atom is 0.315 e. The van der Waals surface area contributed by atoms with E-state index in [4.69, 9.17) is 0 Å². The summed E-state index contributed by atoms with van der Waals surface area (Å²) in [4.78, 5) is 11.7. The van der Waals surface area contributed by atoms with Crippen molar-refractivity contribution in [3.63, 3.8) is 0 Å². The first-order chi connectivity index (χ1) is 11.2. The Morgan fingerprint density at radius 2 is 2.04 bits per heavy atom. The highest BCUT2D eigenvalue weighted by Gasteiger charge is 2.07. The number of thiophene rings is 1. The van der Waals surface area contributed by atoms with Gasteiger partial charge in [0.25, 0.3) is 0 Å². The fourth-order valence-corrected chi connectivity index (χ4v) is 2.57. The molecule has 0 spiro atoms. The van der Waals surface area contributed by atoms with Gasteiger partial charge in [-0.3, -0.25) is 0 Å². The number of urea groups is 1. The van der Waals surface area contributed by atoms with Crippen LogP contribution in [0.5, 0.6) is 0 Å². The van der Waals surface area contributed by atoms with Crippen molar-refractivity contribution in [3.05, 3.63) is 64.4 Å². The number of hydrogen-bond donors (Lipinski definition) is 2. The minimum absolute atomic E-state index is 0.125. The van der Waals surface area contributed by atoms with Crippen LogP contribution in [0, 0.1) is 5.82 Å². The number of carbonyl (C=O) groups is 1. The quantitative estimate of drug-likeness (QED) is 0.754. The van der Waals surface area contributed by atoms with Crippen LogP contribution in [0.2, 0.25) is 0 Å². The van der Waals surface area contributed by atoms with Gasteiger partial charge in [0.1, 0.15) is 11.5 Å². The Morgan fingerprint density at radius 1 is 1.22 bits per heavy atom. The second-order valence-corrected chi connectivity index (χ2v) is 5.54. The van der Waals surface area contributed by atoms with Gasteiger partial charge in [-0.15, -0.1) is 5.10 Å². The summed E-state index contributed by atoms with van der Waals surface area (Å²) < 4.78 is 15.1. The van der Waals surface area contributed by atoms with Gasteiger partial charge in [0.2, 0.25) is 0 Å². The molecular weight excluding hydrogens is 317 g/mol. The average Bonchev–Trinajstić information content (AvgIpc) is 3.23. The molecule has 2 N–H and O–H groups in total. The zero-order chi connectivity index (χ0) is 16.1. The van der Waals surface area contributed by atoms with Crippen LogP contribution in [0.25, 0.3) is 5.69 Å². The van der Waals surface area contributed by atoms with Crippen LogP contribution in [-0.4, -0.2) is 21.0 Å². The first kappa shape index (κ1) is 15.2. The highest BCUT2D eigenvalue weighted by atomic mass is 32.1. The van der Waals surface area contributed by atoms with Gasteiger partial charge in [-0.05, 0) is 17.5 Å². The number of nitrogens with one attached hydrogen (secondary N) is 2. The zero-order valence-corrected chi connectivity index (χ0v) is 12.9. The molecule has 0 fully saturated rings. The summed E-state index contributed by atoms with van der Waals surface area (Å²) in [6, 6.07) is 7.85. The molecule has 0 bridgehead atoms. The van der Waals surface area contributed by atoms with Crippen molar-refractivity contribution in [2.45, 2.75) is 13.1 Å². The lowest BCUT2D eigenvalue weighted by molar-refractivity contribution is 0.240. The molecule has 6 nitrogen and oxygen atoms in total.